The number of imidazole rings is 1. The van der Waals surface area contributed by atoms with Gasteiger partial charge >= 0.3 is 0 Å². The minimum Gasteiger partial charge on any atom is -0.396 e. The van der Waals surface area contributed by atoms with Gasteiger partial charge in [-0.2, -0.15) is 0 Å². The Labute approximate surface area is 126 Å². The molecule has 2 heterocycles. The van der Waals surface area contributed by atoms with Crippen molar-refractivity contribution in [1.82, 2.24) is 19.5 Å². The van der Waals surface area contributed by atoms with Gasteiger partial charge < -0.3 is 14.7 Å². The van der Waals surface area contributed by atoms with E-state index in [-0.39, 0.29) is 18.1 Å². The van der Waals surface area contributed by atoms with E-state index in [1.54, 1.807) is 6.33 Å². The first-order chi connectivity index (χ1) is 10.8. The van der Waals surface area contributed by atoms with Gasteiger partial charge in [-0.25, -0.2) is 9.97 Å². The van der Waals surface area contributed by atoms with E-state index >= 15 is 0 Å². The second-order valence-corrected chi connectivity index (χ2v) is 5.74. The maximum atomic E-state index is 11.7. The van der Waals surface area contributed by atoms with Crippen LogP contribution in [0.2, 0.25) is 0 Å². The van der Waals surface area contributed by atoms with Crippen molar-refractivity contribution in [2.24, 2.45) is 0 Å². The number of aromatic nitrogens is 4. The van der Waals surface area contributed by atoms with E-state index in [4.69, 9.17) is 0 Å². The third-order valence-corrected chi connectivity index (χ3v) is 4.49. The smallest absolute Gasteiger partial charge is 0.278 e. The quantitative estimate of drug-likeness (QED) is 0.765. The SMILES string of the molecule is O=c1[nH]cnc2c1ncn2C[C@H]1C[C@@H](CO)c2ccccc21. The molecule has 2 aromatic heterocycles. The summed E-state index contributed by atoms with van der Waals surface area (Å²) in [7, 11) is 0. The van der Waals surface area contributed by atoms with E-state index < -0.39 is 0 Å². The molecule has 0 bridgehead atoms. The number of aliphatic hydroxyl groups excluding tert-OH is 1. The molecule has 0 fully saturated rings. The lowest BCUT2D eigenvalue weighted by molar-refractivity contribution is 0.259. The van der Waals surface area contributed by atoms with Crippen LogP contribution in [-0.4, -0.2) is 31.2 Å². The van der Waals surface area contributed by atoms with Gasteiger partial charge in [-0.3, -0.25) is 4.79 Å². The molecule has 4 rings (SSSR count). The molecule has 6 nitrogen and oxygen atoms in total. The second-order valence-electron chi connectivity index (χ2n) is 5.74. The topological polar surface area (TPSA) is 83.8 Å². The zero-order valence-electron chi connectivity index (χ0n) is 11.9. The van der Waals surface area contributed by atoms with Crippen molar-refractivity contribution >= 4 is 11.2 Å². The largest absolute Gasteiger partial charge is 0.396 e. The Bertz CT molecular complexity index is 883. The number of benzene rings is 1. The molecule has 0 amide bonds. The Morgan fingerprint density at radius 1 is 1.23 bits per heavy atom. The summed E-state index contributed by atoms with van der Waals surface area (Å²) in [6.07, 6.45) is 3.97. The van der Waals surface area contributed by atoms with Crippen LogP contribution >= 0.6 is 0 Å². The number of aliphatic hydroxyl groups is 1. The minimum absolute atomic E-state index is 0.163. The average molecular weight is 296 g/mol. The van der Waals surface area contributed by atoms with Gasteiger partial charge in [-0.1, -0.05) is 24.3 Å². The number of nitrogens with one attached hydrogen (secondary N) is 1. The lowest BCUT2D eigenvalue weighted by Gasteiger charge is -2.12. The summed E-state index contributed by atoms with van der Waals surface area (Å²) >= 11 is 0. The van der Waals surface area contributed by atoms with Crippen molar-refractivity contribution in [2.75, 3.05) is 6.61 Å². The number of hydrogen-bond donors (Lipinski definition) is 2. The molecule has 0 unspecified atom stereocenters. The lowest BCUT2D eigenvalue weighted by Crippen LogP contribution is -2.10. The van der Waals surface area contributed by atoms with Crippen LogP contribution in [0.5, 0.6) is 0 Å². The standard InChI is InChI=1S/C16H16N4O2/c21-7-11-5-10(12-3-1-2-4-13(11)12)6-20-9-19-14-15(20)17-8-18-16(14)22/h1-4,8-11,21H,5-7H2,(H,17,18,22)/t10-,11+/m1/s1. The van der Waals surface area contributed by atoms with Crippen LogP contribution in [0.1, 0.15) is 29.4 Å². The average Bonchev–Trinajstić information content (AvgIpc) is 3.11. The zero-order valence-corrected chi connectivity index (χ0v) is 11.9. The highest BCUT2D eigenvalue weighted by Crippen LogP contribution is 2.42. The fourth-order valence-electron chi connectivity index (χ4n) is 3.46. The molecular formula is C16H16N4O2. The fraction of sp³-hybridized carbons (Fsp3) is 0.312. The first-order valence-corrected chi connectivity index (χ1v) is 7.36. The maximum Gasteiger partial charge on any atom is 0.278 e. The highest BCUT2D eigenvalue weighted by atomic mass is 16.3. The summed E-state index contributed by atoms with van der Waals surface area (Å²) in [5.41, 5.74) is 3.25. The van der Waals surface area contributed by atoms with Gasteiger partial charge in [0.2, 0.25) is 0 Å². The van der Waals surface area contributed by atoms with Crippen LogP contribution in [-0.2, 0) is 6.54 Å². The van der Waals surface area contributed by atoms with Crippen molar-refractivity contribution in [3.05, 3.63) is 58.4 Å². The molecule has 6 heteroatoms. The molecule has 1 aliphatic rings. The molecule has 2 atom stereocenters. The number of fused-ring (bicyclic) bond motifs is 2. The molecule has 0 saturated heterocycles. The summed E-state index contributed by atoms with van der Waals surface area (Å²) in [6.45, 7) is 0.872. The van der Waals surface area contributed by atoms with Gasteiger partial charge in [-0.15, -0.1) is 0 Å². The Balaban J connectivity index is 1.72. The monoisotopic (exact) mass is 296 g/mol. The molecule has 0 spiro atoms. The van der Waals surface area contributed by atoms with E-state index in [0.717, 1.165) is 6.42 Å². The Hall–Kier alpha value is -2.47. The van der Waals surface area contributed by atoms with Crippen LogP contribution in [0, 0.1) is 0 Å². The molecule has 0 radical (unpaired) electrons. The molecule has 3 aromatic rings. The van der Waals surface area contributed by atoms with Crippen LogP contribution in [0.3, 0.4) is 0 Å². The number of H-pyrrole nitrogens is 1. The van der Waals surface area contributed by atoms with E-state index in [9.17, 15) is 9.90 Å². The zero-order chi connectivity index (χ0) is 15.1. The summed E-state index contributed by atoms with van der Waals surface area (Å²) < 4.78 is 1.92. The Morgan fingerprint density at radius 2 is 2.00 bits per heavy atom. The van der Waals surface area contributed by atoms with E-state index in [2.05, 4.69) is 27.1 Å². The van der Waals surface area contributed by atoms with Gasteiger partial charge in [0.25, 0.3) is 5.56 Å². The summed E-state index contributed by atoms with van der Waals surface area (Å²) in [6, 6.07) is 8.25. The molecule has 0 aliphatic heterocycles. The van der Waals surface area contributed by atoms with E-state index in [0.29, 0.717) is 23.6 Å². The molecule has 2 N–H and O–H groups in total. The van der Waals surface area contributed by atoms with Gasteiger partial charge in [0.1, 0.15) is 0 Å². The van der Waals surface area contributed by atoms with Gasteiger partial charge in [0.15, 0.2) is 11.2 Å². The summed E-state index contributed by atoms with van der Waals surface area (Å²) in [4.78, 5) is 22.7. The van der Waals surface area contributed by atoms with Crippen molar-refractivity contribution in [3.63, 3.8) is 0 Å². The Morgan fingerprint density at radius 3 is 2.77 bits per heavy atom. The first-order valence-electron chi connectivity index (χ1n) is 7.36. The van der Waals surface area contributed by atoms with Crippen molar-refractivity contribution in [2.45, 2.75) is 24.8 Å². The highest BCUT2D eigenvalue weighted by Gasteiger charge is 2.30. The van der Waals surface area contributed by atoms with Gasteiger partial charge in [0.05, 0.1) is 12.7 Å². The predicted molar refractivity (Wildman–Crippen MR) is 81.8 cm³/mol. The van der Waals surface area contributed by atoms with Crippen LogP contribution < -0.4 is 5.56 Å². The lowest BCUT2D eigenvalue weighted by atomic mass is 10.0. The van der Waals surface area contributed by atoms with E-state index in [1.807, 2.05) is 16.7 Å². The van der Waals surface area contributed by atoms with Crippen LogP contribution in [0.25, 0.3) is 11.2 Å². The fourth-order valence-corrected chi connectivity index (χ4v) is 3.46. The number of nitrogens with zero attached hydrogens (tertiary/aromatic N) is 3. The minimum atomic E-state index is -0.219. The predicted octanol–water partition coefficient (Wildman–Crippen LogP) is 1.38. The first kappa shape index (κ1) is 13.2. The molecule has 112 valence electrons. The maximum absolute atomic E-state index is 11.7. The van der Waals surface area contributed by atoms with Crippen molar-refractivity contribution in [1.29, 1.82) is 0 Å². The third kappa shape index (κ3) is 1.95. The summed E-state index contributed by atoms with van der Waals surface area (Å²) in [5.74, 6) is 0.485. The highest BCUT2D eigenvalue weighted by molar-refractivity contribution is 5.68. The van der Waals surface area contributed by atoms with Crippen LogP contribution in [0.15, 0.2) is 41.7 Å². The van der Waals surface area contributed by atoms with E-state index in [1.165, 1.54) is 17.5 Å². The Kier molecular flexibility index (Phi) is 3.04. The number of aromatic amines is 1. The van der Waals surface area contributed by atoms with Crippen molar-refractivity contribution < 1.29 is 5.11 Å². The normalized spacial score (nSPS) is 20.4. The second kappa shape index (κ2) is 5.06. The molecule has 22 heavy (non-hydrogen) atoms. The third-order valence-electron chi connectivity index (χ3n) is 4.49. The molecular weight excluding hydrogens is 280 g/mol. The summed E-state index contributed by atoms with van der Waals surface area (Å²) in [5, 5.41) is 9.59. The van der Waals surface area contributed by atoms with Gasteiger partial charge in [0, 0.05) is 25.0 Å². The van der Waals surface area contributed by atoms with Crippen LogP contribution in [0.4, 0.5) is 0 Å². The molecule has 0 saturated carbocycles. The number of rotatable bonds is 3. The van der Waals surface area contributed by atoms with Gasteiger partial charge in [-0.05, 0) is 17.5 Å². The van der Waals surface area contributed by atoms with Crippen molar-refractivity contribution in [3.8, 4) is 0 Å². The molecule has 1 aromatic carbocycles. The number of hydrogen-bond acceptors (Lipinski definition) is 4. The molecule has 1 aliphatic carbocycles.